The van der Waals surface area contributed by atoms with E-state index in [1.54, 1.807) is 11.8 Å². The van der Waals surface area contributed by atoms with Gasteiger partial charge in [0, 0.05) is 19.2 Å². The number of esters is 1. The fraction of sp³-hybridized carbons (Fsp3) is 0.333. The van der Waals surface area contributed by atoms with Crippen molar-refractivity contribution in [2.24, 2.45) is 5.92 Å². The Labute approximate surface area is 158 Å². The number of ether oxygens (including phenoxy) is 1. The van der Waals surface area contributed by atoms with Crippen molar-refractivity contribution in [3.63, 3.8) is 0 Å². The molecule has 3 rings (SSSR count). The van der Waals surface area contributed by atoms with Crippen molar-refractivity contribution in [2.75, 3.05) is 18.6 Å². The Balaban J connectivity index is 2.08. The predicted molar refractivity (Wildman–Crippen MR) is 94.5 cm³/mol. The van der Waals surface area contributed by atoms with Gasteiger partial charge in [0.25, 0.3) is 5.78 Å². The summed E-state index contributed by atoms with van der Waals surface area (Å²) < 4.78 is 46.0. The molecule has 0 N–H and O–H groups in total. The van der Waals surface area contributed by atoms with Crippen molar-refractivity contribution in [2.45, 2.75) is 19.6 Å². The maximum atomic E-state index is 13.3. The number of hydrogen-bond donors (Lipinski definition) is 0. The molecule has 0 spiro atoms. The van der Waals surface area contributed by atoms with E-state index < -0.39 is 23.8 Å². The summed E-state index contributed by atoms with van der Waals surface area (Å²) in [6.45, 7) is 2.03. The van der Waals surface area contributed by atoms with Gasteiger partial charge in [-0.15, -0.1) is 0 Å². The number of fused-ring (bicyclic) bond motifs is 1. The molecule has 0 unspecified atom stereocenters. The van der Waals surface area contributed by atoms with E-state index in [-0.39, 0.29) is 24.7 Å². The van der Waals surface area contributed by atoms with Gasteiger partial charge in [-0.05, 0) is 5.56 Å². The molecule has 0 aliphatic rings. The van der Waals surface area contributed by atoms with Crippen LogP contribution in [0.25, 0.3) is 5.78 Å². The first-order valence-electron chi connectivity index (χ1n) is 8.44. The Morgan fingerprint density at radius 1 is 1.29 bits per heavy atom. The van der Waals surface area contributed by atoms with Gasteiger partial charge in [-0.1, -0.05) is 37.3 Å². The van der Waals surface area contributed by atoms with E-state index in [2.05, 4.69) is 15.1 Å². The first-order valence-corrected chi connectivity index (χ1v) is 8.44. The molecule has 1 atom stereocenters. The maximum absolute atomic E-state index is 13.3. The van der Waals surface area contributed by atoms with Crippen LogP contribution >= 0.6 is 0 Å². The molecule has 148 valence electrons. The summed E-state index contributed by atoms with van der Waals surface area (Å²) in [6, 6.07) is 10.1. The van der Waals surface area contributed by atoms with E-state index in [1.807, 2.05) is 30.3 Å². The second-order valence-corrected chi connectivity index (χ2v) is 6.26. The van der Waals surface area contributed by atoms with Crippen LogP contribution in [0.15, 0.2) is 42.7 Å². The highest BCUT2D eigenvalue weighted by atomic mass is 19.4. The average Bonchev–Trinajstić information content (AvgIpc) is 3.14. The average molecular weight is 393 g/mol. The van der Waals surface area contributed by atoms with Crippen molar-refractivity contribution in [3.05, 3.63) is 54.0 Å². The van der Waals surface area contributed by atoms with Crippen LogP contribution in [0, 0.1) is 5.92 Å². The van der Waals surface area contributed by atoms with Gasteiger partial charge in [0.1, 0.15) is 12.1 Å². The SMILES string of the molecule is COC(=O)[C@@H](C)CN(Cc1ccccc1)c1cc(C(F)(F)F)nc2ncnn12. The highest BCUT2D eigenvalue weighted by molar-refractivity contribution is 5.72. The number of alkyl halides is 3. The van der Waals surface area contributed by atoms with Gasteiger partial charge < -0.3 is 9.64 Å². The topological polar surface area (TPSA) is 72.6 Å². The van der Waals surface area contributed by atoms with Crippen molar-refractivity contribution in [1.82, 2.24) is 19.6 Å². The third-order valence-corrected chi connectivity index (χ3v) is 4.16. The van der Waals surface area contributed by atoms with E-state index >= 15 is 0 Å². The minimum absolute atomic E-state index is 0.123. The molecule has 0 fully saturated rings. The molecule has 0 aliphatic carbocycles. The van der Waals surface area contributed by atoms with Crippen molar-refractivity contribution >= 4 is 17.6 Å². The lowest BCUT2D eigenvalue weighted by molar-refractivity contribution is -0.144. The first kappa shape index (κ1) is 19.6. The number of benzene rings is 1. The number of rotatable bonds is 6. The van der Waals surface area contributed by atoms with E-state index in [4.69, 9.17) is 4.74 Å². The van der Waals surface area contributed by atoms with E-state index in [1.165, 1.54) is 11.6 Å². The molecule has 2 aromatic heterocycles. The van der Waals surface area contributed by atoms with Crippen LogP contribution in [0.1, 0.15) is 18.2 Å². The minimum Gasteiger partial charge on any atom is -0.469 e. The lowest BCUT2D eigenvalue weighted by atomic mass is 10.1. The number of carbonyl (C=O) groups is 1. The molecule has 0 saturated heterocycles. The first-order chi connectivity index (χ1) is 13.3. The lowest BCUT2D eigenvalue weighted by Gasteiger charge is -2.27. The Hall–Kier alpha value is -3.17. The summed E-state index contributed by atoms with van der Waals surface area (Å²) in [5, 5.41) is 3.99. The number of anilines is 1. The lowest BCUT2D eigenvalue weighted by Crippen LogP contribution is -2.34. The van der Waals surface area contributed by atoms with E-state index in [9.17, 15) is 18.0 Å². The number of nitrogens with zero attached hydrogens (tertiary/aromatic N) is 5. The van der Waals surface area contributed by atoms with Crippen LogP contribution in [0.3, 0.4) is 0 Å². The normalized spacial score (nSPS) is 12.8. The van der Waals surface area contributed by atoms with Gasteiger partial charge in [-0.3, -0.25) is 4.79 Å². The van der Waals surface area contributed by atoms with Crippen LogP contribution in [0.5, 0.6) is 0 Å². The zero-order valence-electron chi connectivity index (χ0n) is 15.2. The monoisotopic (exact) mass is 393 g/mol. The maximum Gasteiger partial charge on any atom is 0.433 e. The number of hydrogen-bond acceptors (Lipinski definition) is 6. The Bertz CT molecular complexity index is 959. The zero-order valence-corrected chi connectivity index (χ0v) is 15.2. The van der Waals surface area contributed by atoms with Crippen molar-refractivity contribution < 1.29 is 22.7 Å². The van der Waals surface area contributed by atoms with Crippen LogP contribution in [-0.2, 0) is 22.3 Å². The molecule has 0 bridgehead atoms. The minimum atomic E-state index is -4.64. The van der Waals surface area contributed by atoms with Gasteiger partial charge in [-0.25, -0.2) is 4.98 Å². The molecule has 28 heavy (non-hydrogen) atoms. The molecule has 7 nitrogen and oxygen atoms in total. The molecule has 3 aromatic rings. The molecular weight excluding hydrogens is 375 g/mol. The fourth-order valence-corrected chi connectivity index (χ4v) is 2.82. The number of aromatic nitrogens is 4. The molecule has 0 amide bonds. The van der Waals surface area contributed by atoms with Gasteiger partial charge >= 0.3 is 12.1 Å². The third kappa shape index (κ3) is 4.21. The van der Waals surface area contributed by atoms with Crippen molar-refractivity contribution in [1.29, 1.82) is 0 Å². The van der Waals surface area contributed by atoms with Crippen molar-refractivity contribution in [3.8, 4) is 0 Å². The number of carbonyl (C=O) groups excluding carboxylic acids is 1. The standard InChI is InChI=1S/C18H18F3N5O2/c1-12(16(27)28-2)9-25(10-13-6-4-3-5-7-13)15-8-14(18(19,20)21)24-17-22-11-23-26(15)17/h3-8,11-12H,9-10H2,1-2H3/t12-/m0/s1. The molecule has 0 aliphatic heterocycles. The third-order valence-electron chi connectivity index (χ3n) is 4.16. The van der Waals surface area contributed by atoms with Gasteiger partial charge in [-0.2, -0.15) is 27.8 Å². The predicted octanol–water partition coefficient (Wildman–Crippen LogP) is 2.96. The highest BCUT2D eigenvalue weighted by Crippen LogP contribution is 2.31. The number of methoxy groups -OCH3 is 1. The van der Waals surface area contributed by atoms with E-state index in [0.29, 0.717) is 0 Å². The second-order valence-electron chi connectivity index (χ2n) is 6.26. The van der Waals surface area contributed by atoms with Crippen LogP contribution in [0.4, 0.5) is 19.0 Å². The summed E-state index contributed by atoms with van der Waals surface area (Å²) in [5.41, 5.74) is -0.218. The quantitative estimate of drug-likeness (QED) is 0.600. The molecule has 10 heteroatoms. The summed E-state index contributed by atoms with van der Waals surface area (Å²) in [4.78, 5) is 20.9. The Morgan fingerprint density at radius 2 is 2.00 bits per heavy atom. The summed E-state index contributed by atoms with van der Waals surface area (Å²) in [5.74, 6) is -1.07. The van der Waals surface area contributed by atoms with Crippen LogP contribution in [-0.4, -0.2) is 39.2 Å². The van der Waals surface area contributed by atoms with E-state index in [0.717, 1.165) is 18.0 Å². The fourth-order valence-electron chi connectivity index (χ4n) is 2.82. The molecule has 2 heterocycles. The summed E-state index contributed by atoms with van der Waals surface area (Å²) >= 11 is 0. The second kappa shape index (κ2) is 7.83. The molecule has 0 saturated carbocycles. The van der Waals surface area contributed by atoms with Crippen LogP contribution < -0.4 is 4.90 Å². The number of halogens is 3. The van der Waals surface area contributed by atoms with Gasteiger partial charge in [0.15, 0.2) is 5.69 Å². The Kier molecular flexibility index (Phi) is 5.48. The molecule has 1 aromatic carbocycles. The highest BCUT2D eigenvalue weighted by Gasteiger charge is 2.35. The largest absolute Gasteiger partial charge is 0.469 e. The summed E-state index contributed by atoms with van der Waals surface area (Å²) in [6.07, 6.45) is -3.51. The molecular formula is C18H18F3N5O2. The van der Waals surface area contributed by atoms with Gasteiger partial charge in [0.2, 0.25) is 0 Å². The smallest absolute Gasteiger partial charge is 0.433 e. The summed E-state index contributed by atoms with van der Waals surface area (Å²) in [7, 11) is 1.27. The van der Waals surface area contributed by atoms with Gasteiger partial charge in [0.05, 0.1) is 13.0 Å². The van der Waals surface area contributed by atoms with Crippen LogP contribution in [0.2, 0.25) is 0 Å². The molecule has 0 radical (unpaired) electrons. The zero-order chi connectivity index (χ0) is 20.3. The Morgan fingerprint density at radius 3 is 2.64 bits per heavy atom.